The fraction of sp³-hybridized carbons (Fsp3) is 0.667. The van der Waals surface area contributed by atoms with Crippen LogP contribution in [-0.4, -0.2) is 16.8 Å². The average molecular weight is 294 g/mol. The van der Waals surface area contributed by atoms with E-state index in [9.17, 15) is 10.2 Å². The summed E-state index contributed by atoms with van der Waals surface area (Å²) in [5, 5.41) is 19.7. The summed E-state index contributed by atoms with van der Waals surface area (Å²) in [7, 11) is 0. The van der Waals surface area contributed by atoms with Gasteiger partial charge in [-0.25, -0.2) is 0 Å². The zero-order valence-corrected chi connectivity index (χ0v) is 13.7. The Balaban J connectivity index is 2.23. The maximum atomic E-state index is 9.88. The maximum Gasteiger partial charge on any atom is 0.167 e. The summed E-state index contributed by atoms with van der Waals surface area (Å²) < 4.78 is 5.64. The minimum Gasteiger partial charge on any atom is -0.507 e. The molecule has 0 bridgehead atoms. The van der Waals surface area contributed by atoms with Crippen molar-refractivity contribution >= 4 is 0 Å². The van der Waals surface area contributed by atoms with Gasteiger partial charge in [0.05, 0.1) is 6.61 Å². The number of aryl methyl sites for hydroxylation is 1. The standard InChI is InChI=1S/C18H30O3/c1-4-5-6-7-8-9-10-11-12-21-18-15(3)17(20)14(2)13-16(18)19/h13,19-20H,4-12H2,1-3H3. The largest absolute Gasteiger partial charge is 0.507 e. The second-order valence-corrected chi connectivity index (χ2v) is 5.84. The first kappa shape index (κ1) is 17.7. The van der Waals surface area contributed by atoms with E-state index >= 15 is 0 Å². The highest BCUT2D eigenvalue weighted by molar-refractivity contribution is 5.55. The highest BCUT2D eigenvalue weighted by Crippen LogP contribution is 2.38. The van der Waals surface area contributed by atoms with Crippen LogP contribution in [0.4, 0.5) is 0 Å². The Kier molecular flexibility index (Phi) is 8.03. The van der Waals surface area contributed by atoms with E-state index in [2.05, 4.69) is 6.92 Å². The van der Waals surface area contributed by atoms with E-state index < -0.39 is 0 Å². The molecule has 1 aromatic rings. The summed E-state index contributed by atoms with van der Waals surface area (Å²) in [6.45, 7) is 6.36. The Morgan fingerprint density at radius 2 is 1.48 bits per heavy atom. The molecule has 0 aliphatic rings. The second kappa shape index (κ2) is 9.54. The van der Waals surface area contributed by atoms with Gasteiger partial charge in [0, 0.05) is 5.56 Å². The van der Waals surface area contributed by atoms with Crippen molar-refractivity contribution in [3.05, 3.63) is 17.2 Å². The van der Waals surface area contributed by atoms with Crippen LogP contribution in [0.3, 0.4) is 0 Å². The molecule has 0 aliphatic heterocycles. The van der Waals surface area contributed by atoms with Crippen LogP contribution in [0.2, 0.25) is 0 Å². The zero-order chi connectivity index (χ0) is 15.7. The molecule has 0 amide bonds. The van der Waals surface area contributed by atoms with E-state index in [1.54, 1.807) is 19.9 Å². The van der Waals surface area contributed by atoms with E-state index in [1.807, 2.05) is 0 Å². The first-order chi connectivity index (χ1) is 10.1. The van der Waals surface area contributed by atoms with Gasteiger partial charge in [-0.2, -0.15) is 0 Å². The predicted molar refractivity (Wildman–Crippen MR) is 87.4 cm³/mol. The Bertz CT molecular complexity index is 427. The van der Waals surface area contributed by atoms with Crippen molar-refractivity contribution in [2.75, 3.05) is 6.61 Å². The molecular weight excluding hydrogens is 264 g/mol. The van der Waals surface area contributed by atoms with Crippen LogP contribution in [0, 0.1) is 13.8 Å². The molecule has 0 aliphatic carbocycles. The number of aromatic hydroxyl groups is 2. The van der Waals surface area contributed by atoms with E-state index in [1.165, 1.54) is 38.5 Å². The number of unbranched alkanes of at least 4 members (excludes halogenated alkanes) is 7. The quantitative estimate of drug-likeness (QED) is 0.458. The van der Waals surface area contributed by atoms with Crippen LogP contribution in [-0.2, 0) is 0 Å². The van der Waals surface area contributed by atoms with Gasteiger partial charge in [0.15, 0.2) is 11.5 Å². The number of phenols is 2. The summed E-state index contributed by atoms with van der Waals surface area (Å²) in [5.74, 6) is 0.738. The SMILES string of the molecule is CCCCCCCCCCOc1c(O)cc(C)c(O)c1C. The van der Waals surface area contributed by atoms with Gasteiger partial charge < -0.3 is 14.9 Å². The van der Waals surface area contributed by atoms with E-state index in [0.29, 0.717) is 23.5 Å². The molecule has 1 aromatic carbocycles. The number of hydrogen-bond acceptors (Lipinski definition) is 3. The lowest BCUT2D eigenvalue weighted by Gasteiger charge is -2.13. The van der Waals surface area contributed by atoms with Crippen LogP contribution in [0.1, 0.15) is 69.4 Å². The predicted octanol–water partition coefficient (Wildman–Crippen LogP) is 5.23. The molecule has 1 rings (SSSR count). The van der Waals surface area contributed by atoms with Crippen molar-refractivity contribution in [1.29, 1.82) is 0 Å². The van der Waals surface area contributed by atoms with Crippen molar-refractivity contribution < 1.29 is 14.9 Å². The summed E-state index contributed by atoms with van der Waals surface area (Å²) >= 11 is 0. The molecular formula is C18H30O3. The van der Waals surface area contributed by atoms with Crippen LogP contribution < -0.4 is 4.74 Å². The minimum absolute atomic E-state index is 0.113. The first-order valence-corrected chi connectivity index (χ1v) is 8.22. The molecule has 0 saturated carbocycles. The van der Waals surface area contributed by atoms with E-state index in [-0.39, 0.29) is 11.5 Å². The normalized spacial score (nSPS) is 10.8. The third kappa shape index (κ3) is 5.86. The third-order valence-corrected chi connectivity index (χ3v) is 3.90. The maximum absolute atomic E-state index is 9.88. The molecule has 0 fully saturated rings. The van der Waals surface area contributed by atoms with Crippen molar-refractivity contribution in [3.8, 4) is 17.2 Å². The molecule has 2 N–H and O–H groups in total. The highest BCUT2D eigenvalue weighted by Gasteiger charge is 2.13. The van der Waals surface area contributed by atoms with Crippen molar-refractivity contribution in [1.82, 2.24) is 0 Å². The smallest absolute Gasteiger partial charge is 0.167 e. The summed E-state index contributed by atoms with van der Waals surface area (Å²) in [4.78, 5) is 0. The summed E-state index contributed by atoms with van der Waals surface area (Å²) in [6.07, 6.45) is 10.0. The number of rotatable bonds is 10. The molecule has 0 radical (unpaired) electrons. The molecule has 0 saturated heterocycles. The Morgan fingerprint density at radius 1 is 0.905 bits per heavy atom. The molecule has 0 heterocycles. The van der Waals surface area contributed by atoms with E-state index in [4.69, 9.17) is 4.74 Å². The molecule has 21 heavy (non-hydrogen) atoms. The van der Waals surface area contributed by atoms with Crippen molar-refractivity contribution in [2.24, 2.45) is 0 Å². The van der Waals surface area contributed by atoms with Crippen LogP contribution in [0.25, 0.3) is 0 Å². The number of hydrogen-bond donors (Lipinski definition) is 2. The Hall–Kier alpha value is -1.38. The van der Waals surface area contributed by atoms with E-state index in [0.717, 1.165) is 12.8 Å². The van der Waals surface area contributed by atoms with Gasteiger partial charge in [0.25, 0.3) is 0 Å². The molecule has 0 spiro atoms. The zero-order valence-electron chi connectivity index (χ0n) is 13.7. The van der Waals surface area contributed by atoms with Crippen molar-refractivity contribution in [3.63, 3.8) is 0 Å². The molecule has 120 valence electrons. The van der Waals surface area contributed by atoms with Gasteiger partial charge in [-0.1, -0.05) is 51.9 Å². The molecule has 3 heteroatoms. The third-order valence-electron chi connectivity index (χ3n) is 3.90. The van der Waals surface area contributed by atoms with Gasteiger partial charge in [-0.05, 0) is 31.9 Å². The topological polar surface area (TPSA) is 49.7 Å². The molecule has 3 nitrogen and oxygen atoms in total. The average Bonchev–Trinajstić information content (AvgIpc) is 2.46. The molecule has 0 aromatic heterocycles. The lowest BCUT2D eigenvalue weighted by Crippen LogP contribution is -2.00. The number of ether oxygens (including phenoxy) is 1. The fourth-order valence-corrected chi connectivity index (χ4v) is 2.53. The van der Waals surface area contributed by atoms with Gasteiger partial charge in [-0.3, -0.25) is 0 Å². The first-order valence-electron chi connectivity index (χ1n) is 8.22. The van der Waals surface area contributed by atoms with Crippen LogP contribution >= 0.6 is 0 Å². The summed E-state index contributed by atoms with van der Waals surface area (Å²) in [5.41, 5.74) is 1.29. The van der Waals surface area contributed by atoms with Gasteiger partial charge in [0.1, 0.15) is 5.75 Å². The Labute approximate surface area is 129 Å². The summed E-state index contributed by atoms with van der Waals surface area (Å²) in [6, 6.07) is 1.55. The van der Waals surface area contributed by atoms with Gasteiger partial charge in [-0.15, -0.1) is 0 Å². The molecule has 0 unspecified atom stereocenters. The van der Waals surface area contributed by atoms with Gasteiger partial charge >= 0.3 is 0 Å². The van der Waals surface area contributed by atoms with Crippen LogP contribution in [0.15, 0.2) is 6.07 Å². The number of benzene rings is 1. The minimum atomic E-state index is 0.113. The highest BCUT2D eigenvalue weighted by atomic mass is 16.5. The van der Waals surface area contributed by atoms with Crippen LogP contribution in [0.5, 0.6) is 17.2 Å². The second-order valence-electron chi connectivity index (χ2n) is 5.84. The van der Waals surface area contributed by atoms with Crippen molar-refractivity contribution in [2.45, 2.75) is 72.1 Å². The lowest BCUT2D eigenvalue weighted by molar-refractivity contribution is 0.284. The van der Waals surface area contributed by atoms with Gasteiger partial charge in [0.2, 0.25) is 0 Å². The number of phenolic OH excluding ortho intramolecular Hbond substituents is 2. The lowest BCUT2D eigenvalue weighted by atomic mass is 10.1. The Morgan fingerprint density at radius 3 is 2.10 bits per heavy atom. The fourth-order valence-electron chi connectivity index (χ4n) is 2.53. The monoisotopic (exact) mass is 294 g/mol. The molecule has 0 atom stereocenters.